The van der Waals surface area contributed by atoms with Crippen LogP contribution >= 0.6 is 0 Å². The van der Waals surface area contributed by atoms with Gasteiger partial charge in [0.15, 0.2) is 0 Å². The third-order valence-corrected chi connectivity index (χ3v) is 2.63. The summed E-state index contributed by atoms with van der Waals surface area (Å²) in [6, 6.07) is 8.70. The average molecular weight is 351 g/mol. The number of hydrogen-bond acceptors (Lipinski definition) is 0. The van der Waals surface area contributed by atoms with E-state index < -0.39 is 0 Å². The standard InChI is InChI=1S/C13H16.Hf/c1-10(2)9-12-8-7-11-5-3-4-6-13(11)12;/h3-8,10,12H,9H2,1-2H3;. The number of fused-ring (bicyclic) bond motifs is 1. The molecule has 1 aromatic rings. The van der Waals surface area contributed by atoms with Crippen LogP contribution in [-0.4, -0.2) is 0 Å². The van der Waals surface area contributed by atoms with Gasteiger partial charge >= 0.3 is 0 Å². The Morgan fingerprint density at radius 1 is 1.21 bits per heavy atom. The summed E-state index contributed by atoms with van der Waals surface area (Å²) < 4.78 is 0. The van der Waals surface area contributed by atoms with Crippen molar-refractivity contribution in [2.75, 3.05) is 0 Å². The van der Waals surface area contributed by atoms with Gasteiger partial charge in [0, 0.05) is 31.8 Å². The molecule has 2 rings (SSSR count). The van der Waals surface area contributed by atoms with E-state index in [0.29, 0.717) is 5.92 Å². The van der Waals surface area contributed by atoms with Gasteiger partial charge in [0.05, 0.1) is 0 Å². The molecule has 1 aromatic carbocycles. The molecule has 0 N–H and O–H groups in total. The molecule has 1 atom stereocenters. The van der Waals surface area contributed by atoms with E-state index in [1.807, 2.05) is 0 Å². The number of hydrogen-bond donors (Lipinski definition) is 0. The predicted octanol–water partition coefficient (Wildman–Crippen LogP) is 3.84. The maximum atomic E-state index is 2.34. The predicted molar refractivity (Wildman–Crippen MR) is 57.7 cm³/mol. The smallest absolute Gasteiger partial charge is 0.00296 e. The topological polar surface area (TPSA) is 0 Å². The first-order valence-electron chi connectivity index (χ1n) is 5.04. The molecule has 1 aliphatic carbocycles. The van der Waals surface area contributed by atoms with Gasteiger partial charge in [0.2, 0.25) is 0 Å². The maximum Gasteiger partial charge on any atom is 0.00296 e. The molecule has 14 heavy (non-hydrogen) atoms. The Morgan fingerprint density at radius 2 is 1.93 bits per heavy atom. The zero-order valence-electron chi connectivity index (χ0n) is 8.83. The van der Waals surface area contributed by atoms with E-state index in [2.05, 4.69) is 50.3 Å². The van der Waals surface area contributed by atoms with Crippen molar-refractivity contribution in [3.8, 4) is 0 Å². The van der Waals surface area contributed by atoms with Crippen molar-refractivity contribution in [3.63, 3.8) is 0 Å². The second kappa shape index (κ2) is 5.06. The van der Waals surface area contributed by atoms with Crippen molar-refractivity contribution in [1.29, 1.82) is 0 Å². The Labute approximate surface area is 105 Å². The summed E-state index contributed by atoms with van der Waals surface area (Å²) in [5.74, 6) is 1.44. The monoisotopic (exact) mass is 352 g/mol. The van der Waals surface area contributed by atoms with Crippen molar-refractivity contribution < 1.29 is 25.8 Å². The number of rotatable bonds is 2. The van der Waals surface area contributed by atoms with E-state index in [-0.39, 0.29) is 25.8 Å². The third kappa shape index (κ3) is 2.44. The average Bonchev–Trinajstić information content (AvgIpc) is 2.48. The minimum atomic E-state index is 0. The van der Waals surface area contributed by atoms with Gasteiger partial charge in [-0.1, -0.05) is 50.3 Å². The molecule has 0 radical (unpaired) electrons. The first-order chi connectivity index (χ1) is 6.27. The molecule has 1 heteroatoms. The molecule has 0 spiro atoms. The molecule has 1 unspecified atom stereocenters. The van der Waals surface area contributed by atoms with Gasteiger partial charge in [0.25, 0.3) is 0 Å². The summed E-state index contributed by atoms with van der Waals surface area (Å²) in [6.45, 7) is 4.57. The fourth-order valence-corrected chi connectivity index (χ4v) is 2.04. The minimum absolute atomic E-state index is 0. The first kappa shape index (κ1) is 11.9. The molecule has 0 bridgehead atoms. The summed E-state index contributed by atoms with van der Waals surface area (Å²) in [6.07, 6.45) is 5.86. The second-order valence-electron chi connectivity index (χ2n) is 4.22. The van der Waals surface area contributed by atoms with Crippen molar-refractivity contribution >= 4 is 6.08 Å². The minimum Gasteiger partial charge on any atom is -0.0764 e. The first-order valence-corrected chi connectivity index (χ1v) is 5.04. The fraction of sp³-hybridized carbons (Fsp3) is 0.385. The van der Waals surface area contributed by atoms with Crippen LogP contribution in [0, 0.1) is 5.92 Å². The van der Waals surface area contributed by atoms with Crippen LogP contribution < -0.4 is 0 Å². The Kier molecular flexibility index (Phi) is 4.31. The SMILES string of the molecule is CC(C)CC1C=Cc2ccccc21.[Hf]. The van der Waals surface area contributed by atoms with Crippen LogP contribution in [0.25, 0.3) is 6.08 Å². The quantitative estimate of drug-likeness (QED) is 0.711. The third-order valence-electron chi connectivity index (χ3n) is 2.63. The summed E-state index contributed by atoms with van der Waals surface area (Å²) >= 11 is 0. The van der Waals surface area contributed by atoms with Gasteiger partial charge in [-0.15, -0.1) is 0 Å². The molecule has 0 heterocycles. The van der Waals surface area contributed by atoms with Crippen molar-refractivity contribution in [2.24, 2.45) is 5.92 Å². The molecule has 0 saturated heterocycles. The zero-order chi connectivity index (χ0) is 9.26. The van der Waals surface area contributed by atoms with Crippen LogP contribution in [0.3, 0.4) is 0 Å². The number of allylic oxidation sites excluding steroid dienone is 1. The van der Waals surface area contributed by atoms with Crippen LogP contribution in [-0.2, 0) is 25.8 Å². The van der Waals surface area contributed by atoms with Gasteiger partial charge in [0.1, 0.15) is 0 Å². The summed E-state index contributed by atoms with van der Waals surface area (Å²) in [4.78, 5) is 0. The van der Waals surface area contributed by atoms with E-state index in [9.17, 15) is 0 Å². The number of benzene rings is 1. The van der Waals surface area contributed by atoms with Crippen molar-refractivity contribution in [1.82, 2.24) is 0 Å². The van der Waals surface area contributed by atoms with Crippen LogP contribution in [0.15, 0.2) is 30.3 Å². The van der Waals surface area contributed by atoms with Gasteiger partial charge in [-0.25, -0.2) is 0 Å². The van der Waals surface area contributed by atoms with E-state index in [0.717, 1.165) is 5.92 Å². The second-order valence-corrected chi connectivity index (χ2v) is 4.22. The Balaban J connectivity index is 0.000000980. The fourth-order valence-electron chi connectivity index (χ4n) is 2.04. The summed E-state index contributed by atoms with van der Waals surface area (Å²) in [5.41, 5.74) is 2.92. The van der Waals surface area contributed by atoms with Crippen molar-refractivity contribution in [2.45, 2.75) is 26.2 Å². The Bertz CT molecular complexity index is 326. The molecule has 1 aliphatic rings. The summed E-state index contributed by atoms with van der Waals surface area (Å²) in [7, 11) is 0. The molecule has 0 nitrogen and oxygen atoms in total. The Hall–Kier alpha value is -0.170. The van der Waals surface area contributed by atoms with Gasteiger partial charge < -0.3 is 0 Å². The molecular formula is C13H16Hf. The van der Waals surface area contributed by atoms with Crippen molar-refractivity contribution in [3.05, 3.63) is 41.5 Å². The molecular weight excluding hydrogens is 335 g/mol. The van der Waals surface area contributed by atoms with Crippen LogP contribution in [0.2, 0.25) is 0 Å². The van der Waals surface area contributed by atoms with Gasteiger partial charge in [-0.05, 0) is 23.5 Å². The van der Waals surface area contributed by atoms with E-state index in [4.69, 9.17) is 0 Å². The Morgan fingerprint density at radius 3 is 2.64 bits per heavy atom. The molecule has 72 valence electrons. The summed E-state index contributed by atoms with van der Waals surface area (Å²) in [5, 5.41) is 0. The zero-order valence-corrected chi connectivity index (χ0v) is 12.4. The molecule has 0 aliphatic heterocycles. The molecule has 0 saturated carbocycles. The maximum absolute atomic E-state index is 2.34. The normalized spacial score (nSPS) is 18.1. The van der Waals surface area contributed by atoms with E-state index in [1.165, 1.54) is 17.5 Å². The van der Waals surface area contributed by atoms with E-state index >= 15 is 0 Å². The van der Waals surface area contributed by atoms with Gasteiger partial charge in [-0.3, -0.25) is 0 Å². The molecule has 0 amide bonds. The van der Waals surface area contributed by atoms with Crippen LogP contribution in [0.5, 0.6) is 0 Å². The van der Waals surface area contributed by atoms with Crippen LogP contribution in [0.4, 0.5) is 0 Å². The van der Waals surface area contributed by atoms with Gasteiger partial charge in [-0.2, -0.15) is 0 Å². The van der Waals surface area contributed by atoms with Crippen LogP contribution in [0.1, 0.15) is 37.3 Å². The van der Waals surface area contributed by atoms with E-state index in [1.54, 1.807) is 0 Å². The largest absolute Gasteiger partial charge is 0.0764 e. The molecule has 0 fully saturated rings. The molecule has 0 aromatic heterocycles.